The lowest BCUT2D eigenvalue weighted by atomic mass is 10.0. The molecule has 0 aliphatic carbocycles. The van der Waals surface area contributed by atoms with Crippen molar-refractivity contribution in [1.82, 2.24) is 9.88 Å². The van der Waals surface area contributed by atoms with Crippen LogP contribution in [0.15, 0.2) is 102 Å². The number of aromatic nitrogens is 1. The second kappa shape index (κ2) is 11.4. The Labute approximate surface area is 228 Å². The third kappa shape index (κ3) is 5.33. The SMILES string of the molecule is O=C1c2cc(N3CCOCC3)c(Cc3ccccc3)nc2C(CSc2ccccc2)N1Cc1ccccc1. The molecule has 0 saturated carbocycles. The number of thioether (sulfide) groups is 1. The smallest absolute Gasteiger partial charge is 0.256 e. The number of ether oxygens (including phenoxy) is 1. The number of morpholine rings is 1. The summed E-state index contributed by atoms with van der Waals surface area (Å²) in [6.07, 6.45) is 0.728. The maximum atomic E-state index is 14.0. The van der Waals surface area contributed by atoms with Crippen LogP contribution in [-0.4, -0.2) is 47.8 Å². The molecule has 38 heavy (non-hydrogen) atoms. The van der Waals surface area contributed by atoms with E-state index in [0.29, 0.717) is 19.8 Å². The van der Waals surface area contributed by atoms with Crippen molar-refractivity contribution in [2.24, 2.45) is 0 Å². The molecule has 4 aromatic rings. The minimum Gasteiger partial charge on any atom is -0.378 e. The highest BCUT2D eigenvalue weighted by molar-refractivity contribution is 7.99. The minimum atomic E-state index is -0.101. The van der Waals surface area contributed by atoms with Crippen LogP contribution in [0, 0.1) is 0 Å². The third-order valence-electron chi connectivity index (χ3n) is 7.20. The predicted octanol–water partition coefficient (Wildman–Crippen LogP) is 6.00. The first-order valence-electron chi connectivity index (χ1n) is 13.2. The summed E-state index contributed by atoms with van der Waals surface area (Å²) in [6.45, 7) is 3.55. The van der Waals surface area contributed by atoms with E-state index in [1.807, 2.05) is 35.2 Å². The Hall–Kier alpha value is -3.61. The van der Waals surface area contributed by atoms with Crippen molar-refractivity contribution in [3.63, 3.8) is 0 Å². The van der Waals surface area contributed by atoms with E-state index in [1.165, 1.54) is 10.5 Å². The lowest BCUT2D eigenvalue weighted by molar-refractivity contribution is 0.0725. The average Bonchev–Trinajstić information content (AvgIpc) is 3.23. The molecule has 3 aromatic carbocycles. The lowest BCUT2D eigenvalue weighted by Gasteiger charge is -2.30. The van der Waals surface area contributed by atoms with Crippen LogP contribution in [0.5, 0.6) is 0 Å². The first-order valence-corrected chi connectivity index (χ1v) is 14.2. The van der Waals surface area contributed by atoms with Gasteiger partial charge in [0.1, 0.15) is 0 Å². The quantitative estimate of drug-likeness (QED) is 0.266. The van der Waals surface area contributed by atoms with E-state index in [2.05, 4.69) is 71.6 Å². The van der Waals surface area contributed by atoms with Crippen molar-refractivity contribution in [2.75, 3.05) is 37.0 Å². The third-order valence-corrected chi connectivity index (χ3v) is 8.29. The molecular weight excluding hydrogens is 490 g/mol. The number of amides is 1. The zero-order chi connectivity index (χ0) is 25.7. The van der Waals surface area contributed by atoms with E-state index in [0.717, 1.165) is 53.5 Å². The monoisotopic (exact) mass is 521 g/mol. The van der Waals surface area contributed by atoms with Crippen LogP contribution in [0.1, 0.15) is 38.9 Å². The lowest BCUT2D eigenvalue weighted by Crippen LogP contribution is -2.37. The van der Waals surface area contributed by atoms with Crippen LogP contribution in [0.2, 0.25) is 0 Å². The van der Waals surface area contributed by atoms with Crippen molar-refractivity contribution in [3.05, 3.63) is 125 Å². The first-order chi connectivity index (χ1) is 18.8. The fourth-order valence-electron chi connectivity index (χ4n) is 5.25. The molecule has 192 valence electrons. The highest BCUT2D eigenvalue weighted by Gasteiger charge is 2.39. The fraction of sp³-hybridized carbons (Fsp3) is 0.250. The van der Waals surface area contributed by atoms with Crippen molar-refractivity contribution < 1.29 is 9.53 Å². The Morgan fingerprint density at radius 2 is 1.47 bits per heavy atom. The van der Waals surface area contributed by atoms with E-state index >= 15 is 0 Å². The topological polar surface area (TPSA) is 45.7 Å². The molecular formula is C32H31N3O2S. The molecule has 1 aromatic heterocycles. The second-order valence-electron chi connectivity index (χ2n) is 9.71. The van der Waals surface area contributed by atoms with E-state index in [-0.39, 0.29) is 11.9 Å². The maximum Gasteiger partial charge on any atom is 0.256 e. The largest absolute Gasteiger partial charge is 0.378 e. The van der Waals surface area contributed by atoms with Crippen LogP contribution >= 0.6 is 11.8 Å². The van der Waals surface area contributed by atoms with E-state index < -0.39 is 0 Å². The average molecular weight is 522 g/mol. The molecule has 6 rings (SSSR count). The minimum absolute atomic E-state index is 0.0655. The number of pyridine rings is 1. The molecule has 0 spiro atoms. The maximum absolute atomic E-state index is 14.0. The van der Waals surface area contributed by atoms with Gasteiger partial charge in [0.2, 0.25) is 0 Å². The van der Waals surface area contributed by atoms with Crippen LogP contribution < -0.4 is 4.90 Å². The molecule has 1 unspecified atom stereocenters. The molecule has 0 radical (unpaired) electrons. The zero-order valence-corrected chi connectivity index (χ0v) is 22.1. The number of carbonyl (C=O) groups is 1. The molecule has 0 N–H and O–H groups in total. The zero-order valence-electron chi connectivity index (χ0n) is 21.3. The highest BCUT2D eigenvalue weighted by Crippen LogP contribution is 2.40. The van der Waals surface area contributed by atoms with E-state index in [4.69, 9.17) is 9.72 Å². The molecule has 2 aliphatic rings. The number of hydrogen-bond donors (Lipinski definition) is 0. The van der Waals surface area contributed by atoms with Gasteiger partial charge in [0.05, 0.1) is 41.9 Å². The van der Waals surface area contributed by atoms with Crippen LogP contribution in [0.4, 0.5) is 5.69 Å². The molecule has 1 fully saturated rings. The Balaban J connectivity index is 1.40. The second-order valence-corrected chi connectivity index (χ2v) is 10.8. The van der Waals surface area contributed by atoms with Crippen LogP contribution in [0.25, 0.3) is 0 Å². The number of fused-ring (bicyclic) bond motifs is 1. The Kier molecular flexibility index (Phi) is 7.42. The fourth-order valence-corrected chi connectivity index (χ4v) is 6.28. The predicted molar refractivity (Wildman–Crippen MR) is 153 cm³/mol. The molecule has 1 saturated heterocycles. The van der Waals surface area contributed by atoms with Crippen molar-refractivity contribution in [2.45, 2.75) is 23.9 Å². The van der Waals surface area contributed by atoms with Gasteiger partial charge < -0.3 is 14.5 Å². The number of nitrogens with zero attached hydrogens (tertiary/aromatic N) is 3. The van der Waals surface area contributed by atoms with Gasteiger partial charge in [-0.25, -0.2) is 0 Å². The molecule has 1 amide bonds. The number of hydrogen-bond acceptors (Lipinski definition) is 5. The summed E-state index contributed by atoms with van der Waals surface area (Å²) in [5.74, 6) is 0.820. The number of anilines is 1. The summed E-state index contributed by atoms with van der Waals surface area (Å²) in [4.78, 5) is 24.8. The molecule has 0 bridgehead atoms. The van der Waals surface area contributed by atoms with Crippen molar-refractivity contribution in [1.29, 1.82) is 0 Å². The summed E-state index contributed by atoms with van der Waals surface area (Å²) in [5, 5.41) is 0. The summed E-state index contributed by atoms with van der Waals surface area (Å²) in [5.41, 5.74) is 6.06. The molecule has 2 aliphatic heterocycles. The Morgan fingerprint density at radius 1 is 0.842 bits per heavy atom. The molecule has 1 atom stereocenters. The number of benzene rings is 3. The number of rotatable bonds is 8. The van der Waals surface area contributed by atoms with Gasteiger partial charge in [0, 0.05) is 36.7 Å². The van der Waals surface area contributed by atoms with Gasteiger partial charge in [-0.05, 0) is 29.3 Å². The van der Waals surface area contributed by atoms with Crippen molar-refractivity contribution in [3.8, 4) is 0 Å². The van der Waals surface area contributed by atoms with Gasteiger partial charge in [-0.15, -0.1) is 11.8 Å². The van der Waals surface area contributed by atoms with Gasteiger partial charge in [-0.2, -0.15) is 0 Å². The summed E-state index contributed by atoms with van der Waals surface area (Å²) < 4.78 is 5.63. The van der Waals surface area contributed by atoms with E-state index in [9.17, 15) is 4.79 Å². The summed E-state index contributed by atoms with van der Waals surface area (Å²) in [7, 11) is 0. The van der Waals surface area contributed by atoms with Gasteiger partial charge in [0.25, 0.3) is 5.91 Å². The van der Waals surface area contributed by atoms with E-state index in [1.54, 1.807) is 11.8 Å². The molecule has 3 heterocycles. The highest BCUT2D eigenvalue weighted by atomic mass is 32.2. The first kappa shape index (κ1) is 24.7. The normalized spacial score (nSPS) is 17.1. The standard InChI is InChI=1S/C32H31N3O2S/c36-32-27-21-29(34-16-18-37-19-17-34)28(20-24-10-4-1-5-11-24)33-31(27)30(23-38-26-14-8-3-9-15-26)35(32)22-25-12-6-2-7-13-25/h1-15,21,30H,16-20,22-23H2. The van der Waals surface area contributed by atoms with Gasteiger partial charge >= 0.3 is 0 Å². The van der Waals surface area contributed by atoms with Crippen molar-refractivity contribution >= 4 is 23.4 Å². The van der Waals surface area contributed by atoms with Gasteiger partial charge in [0.15, 0.2) is 0 Å². The molecule has 6 heteroatoms. The van der Waals surface area contributed by atoms with Gasteiger partial charge in [-0.3, -0.25) is 9.78 Å². The summed E-state index contributed by atoms with van der Waals surface area (Å²) >= 11 is 1.78. The number of carbonyl (C=O) groups excluding carboxylic acids is 1. The molecule has 5 nitrogen and oxygen atoms in total. The Bertz CT molecular complexity index is 1380. The Morgan fingerprint density at radius 3 is 2.16 bits per heavy atom. The van der Waals surface area contributed by atoms with Crippen LogP contribution in [-0.2, 0) is 17.7 Å². The summed E-state index contributed by atoms with van der Waals surface area (Å²) in [6, 6.07) is 33.1. The van der Waals surface area contributed by atoms with Crippen LogP contribution in [0.3, 0.4) is 0 Å². The van der Waals surface area contributed by atoms with Gasteiger partial charge in [-0.1, -0.05) is 78.9 Å².